The van der Waals surface area contributed by atoms with E-state index in [4.69, 9.17) is 4.74 Å². The summed E-state index contributed by atoms with van der Waals surface area (Å²) < 4.78 is 20.4. The van der Waals surface area contributed by atoms with Crippen LogP contribution in [0.15, 0.2) is 46.1 Å². The lowest BCUT2D eigenvalue weighted by atomic mass is 10.2. The third kappa shape index (κ3) is 2.39. The monoisotopic (exact) mass is 304 g/mol. The molecule has 0 saturated carbocycles. The highest BCUT2D eigenvalue weighted by molar-refractivity contribution is 5.95. The molecule has 1 aliphatic rings. The van der Waals surface area contributed by atoms with E-state index in [1.54, 1.807) is 18.2 Å². The molecule has 6 nitrogen and oxygen atoms in total. The highest BCUT2D eigenvalue weighted by Crippen LogP contribution is 2.20. The zero-order chi connectivity index (χ0) is 15.7. The van der Waals surface area contributed by atoms with Gasteiger partial charge < -0.3 is 4.74 Å². The average molecular weight is 304 g/mol. The molecule has 22 heavy (non-hydrogen) atoms. The SMILES string of the molecule is O=C(c1ccccc1)n1c(=O)c(F)cn(C2CCCO2)c1=O. The molecular weight excluding hydrogens is 291 g/mol. The molecule has 7 heteroatoms. The van der Waals surface area contributed by atoms with Crippen molar-refractivity contribution in [1.82, 2.24) is 9.13 Å². The highest BCUT2D eigenvalue weighted by Gasteiger charge is 2.24. The summed E-state index contributed by atoms with van der Waals surface area (Å²) in [7, 11) is 0. The Kier molecular flexibility index (Phi) is 3.72. The maximum absolute atomic E-state index is 13.8. The Hall–Kier alpha value is -2.54. The van der Waals surface area contributed by atoms with Gasteiger partial charge >= 0.3 is 5.69 Å². The number of nitrogens with zero attached hydrogens (tertiary/aromatic N) is 2. The molecule has 1 saturated heterocycles. The fourth-order valence-corrected chi connectivity index (χ4v) is 2.42. The first-order valence-corrected chi connectivity index (χ1v) is 6.84. The predicted octanol–water partition coefficient (Wildman–Crippen LogP) is 1.15. The van der Waals surface area contributed by atoms with E-state index in [0.29, 0.717) is 17.6 Å². The van der Waals surface area contributed by atoms with Crippen LogP contribution < -0.4 is 11.2 Å². The topological polar surface area (TPSA) is 70.3 Å². The zero-order valence-electron chi connectivity index (χ0n) is 11.6. The van der Waals surface area contributed by atoms with Crippen LogP contribution in [-0.2, 0) is 4.74 Å². The highest BCUT2D eigenvalue weighted by atomic mass is 19.1. The molecular formula is C15H13FN2O4. The minimum Gasteiger partial charge on any atom is -0.358 e. The molecule has 1 aromatic carbocycles. The van der Waals surface area contributed by atoms with Crippen molar-refractivity contribution < 1.29 is 13.9 Å². The number of aromatic nitrogens is 2. The summed E-state index contributed by atoms with van der Waals surface area (Å²) in [5.74, 6) is -2.03. The first kappa shape index (κ1) is 14.4. The molecule has 3 rings (SSSR count). The van der Waals surface area contributed by atoms with Gasteiger partial charge in [-0.05, 0) is 25.0 Å². The second-order valence-electron chi connectivity index (χ2n) is 4.95. The molecule has 0 spiro atoms. The van der Waals surface area contributed by atoms with Crippen LogP contribution in [0, 0.1) is 5.82 Å². The minimum absolute atomic E-state index is 0.131. The lowest BCUT2D eigenvalue weighted by Gasteiger charge is -2.14. The lowest BCUT2D eigenvalue weighted by molar-refractivity contribution is 0.0501. The molecule has 0 amide bonds. The fraction of sp³-hybridized carbons (Fsp3) is 0.267. The van der Waals surface area contributed by atoms with Crippen molar-refractivity contribution in [3.05, 3.63) is 68.7 Å². The number of hydrogen-bond acceptors (Lipinski definition) is 4. The standard InChI is InChI=1S/C15H13FN2O4/c16-11-9-17(12-7-4-8-22-12)15(21)18(14(11)20)13(19)10-5-2-1-3-6-10/h1-3,5-6,9,12H,4,7-8H2. The van der Waals surface area contributed by atoms with E-state index in [2.05, 4.69) is 0 Å². The molecule has 0 aliphatic carbocycles. The van der Waals surface area contributed by atoms with E-state index >= 15 is 0 Å². The number of halogens is 1. The Balaban J connectivity index is 2.17. The summed E-state index contributed by atoms with van der Waals surface area (Å²) in [6.45, 7) is 0.449. The summed E-state index contributed by atoms with van der Waals surface area (Å²) >= 11 is 0. The molecule has 2 heterocycles. The van der Waals surface area contributed by atoms with Crippen LogP contribution in [0.5, 0.6) is 0 Å². The van der Waals surface area contributed by atoms with Crippen LogP contribution >= 0.6 is 0 Å². The fourth-order valence-electron chi connectivity index (χ4n) is 2.42. The van der Waals surface area contributed by atoms with Crippen LogP contribution in [0.1, 0.15) is 29.4 Å². The smallest absolute Gasteiger partial charge is 0.340 e. The van der Waals surface area contributed by atoms with E-state index in [1.165, 1.54) is 12.1 Å². The van der Waals surface area contributed by atoms with Crippen LogP contribution in [0.2, 0.25) is 0 Å². The van der Waals surface area contributed by atoms with E-state index in [1.807, 2.05) is 0 Å². The molecule has 1 unspecified atom stereocenters. The van der Waals surface area contributed by atoms with Gasteiger partial charge in [0.25, 0.3) is 11.5 Å². The third-order valence-corrected chi connectivity index (χ3v) is 3.51. The van der Waals surface area contributed by atoms with E-state index in [-0.39, 0.29) is 5.56 Å². The molecule has 114 valence electrons. The first-order chi connectivity index (χ1) is 10.6. The molecule has 0 bridgehead atoms. The molecule has 1 aliphatic heterocycles. The van der Waals surface area contributed by atoms with Gasteiger partial charge in [-0.15, -0.1) is 0 Å². The summed E-state index contributed by atoms with van der Waals surface area (Å²) in [6.07, 6.45) is 1.40. The van der Waals surface area contributed by atoms with E-state index in [9.17, 15) is 18.8 Å². The molecule has 0 N–H and O–H groups in total. The number of benzene rings is 1. The normalized spacial score (nSPS) is 17.6. The van der Waals surface area contributed by atoms with Gasteiger partial charge in [0.1, 0.15) is 6.23 Å². The number of ether oxygens (including phenoxy) is 1. The minimum atomic E-state index is -1.26. The Morgan fingerprint density at radius 1 is 1.23 bits per heavy atom. The van der Waals surface area contributed by atoms with Crippen molar-refractivity contribution in [2.24, 2.45) is 0 Å². The number of rotatable bonds is 2. The largest absolute Gasteiger partial charge is 0.358 e. The Morgan fingerprint density at radius 2 is 1.95 bits per heavy atom. The van der Waals surface area contributed by atoms with Crippen LogP contribution in [0.25, 0.3) is 0 Å². The summed E-state index contributed by atoms with van der Waals surface area (Å²) in [4.78, 5) is 36.6. The summed E-state index contributed by atoms with van der Waals surface area (Å²) in [5, 5.41) is 0. The van der Waals surface area contributed by atoms with Gasteiger partial charge in [-0.3, -0.25) is 14.2 Å². The van der Waals surface area contributed by atoms with E-state index in [0.717, 1.165) is 17.2 Å². The van der Waals surface area contributed by atoms with Crippen molar-refractivity contribution in [3.8, 4) is 0 Å². The lowest BCUT2D eigenvalue weighted by Crippen LogP contribution is -2.45. The second kappa shape index (κ2) is 5.69. The number of carbonyl (C=O) groups is 1. The number of carbonyl (C=O) groups excluding carboxylic acids is 1. The summed E-state index contributed by atoms with van der Waals surface area (Å²) in [6, 6.07) is 7.78. The first-order valence-electron chi connectivity index (χ1n) is 6.84. The maximum atomic E-state index is 13.8. The third-order valence-electron chi connectivity index (χ3n) is 3.51. The van der Waals surface area contributed by atoms with Crippen molar-refractivity contribution in [2.75, 3.05) is 6.61 Å². The van der Waals surface area contributed by atoms with Gasteiger partial charge in [-0.2, -0.15) is 8.96 Å². The Bertz CT molecular complexity index is 820. The van der Waals surface area contributed by atoms with Gasteiger partial charge in [0.2, 0.25) is 5.82 Å². The van der Waals surface area contributed by atoms with Gasteiger partial charge in [0.15, 0.2) is 0 Å². The van der Waals surface area contributed by atoms with Gasteiger partial charge in [0.05, 0.1) is 6.20 Å². The van der Waals surface area contributed by atoms with Crippen molar-refractivity contribution >= 4 is 5.91 Å². The Morgan fingerprint density at radius 3 is 2.59 bits per heavy atom. The molecule has 2 aromatic rings. The van der Waals surface area contributed by atoms with Crippen molar-refractivity contribution in [3.63, 3.8) is 0 Å². The maximum Gasteiger partial charge on any atom is 0.340 e. The second-order valence-corrected chi connectivity index (χ2v) is 4.95. The van der Waals surface area contributed by atoms with Gasteiger partial charge in [0, 0.05) is 12.2 Å². The molecule has 0 radical (unpaired) electrons. The van der Waals surface area contributed by atoms with Crippen molar-refractivity contribution in [1.29, 1.82) is 0 Å². The number of hydrogen-bond donors (Lipinski definition) is 0. The molecule has 1 aromatic heterocycles. The van der Waals surface area contributed by atoms with Gasteiger partial charge in [-0.1, -0.05) is 18.2 Å². The zero-order valence-corrected chi connectivity index (χ0v) is 11.6. The van der Waals surface area contributed by atoms with Gasteiger partial charge in [-0.25, -0.2) is 4.79 Å². The van der Waals surface area contributed by atoms with Crippen LogP contribution in [0.3, 0.4) is 0 Å². The van der Waals surface area contributed by atoms with Crippen LogP contribution in [-0.4, -0.2) is 21.6 Å². The van der Waals surface area contributed by atoms with Crippen LogP contribution in [0.4, 0.5) is 4.39 Å². The van der Waals surface area contributed by atoms with Crippen molar-refractivity contribution in [2.45, 2.75) is 19.1 Å². The molecule has 1 fully saturated rings. The Labute approximate surface area is 124 Å². The summed E-state index contributed by atoms with van der Waals surface area (Å²) in [5.41, 5.74) is -2.02. The predicted molar refractivity (Wildman–Crippen MR) is 75.3 cm³/mol. The quantitative estimate of drug-likeness (QED) is 0.834. The van der Waals surface area contributed by atoms with E-state index < -0.39 is 29.2 Å². The molecule has 1 atom stereocenters. The average Bonchev–Trinajstić information content (AvgIpc) is 3.06.